The second kappa shape index (κ2) is 5.97. The van der Waals surface area contributed by atoms with Crippen molar-refractivity contribution in [3.05, 3.63) is 45.7 Å². The molecule has 0 radical (unpaired) electrons. The first-order chi connectivity index (χ1) is 9.77. The number of fused-ring (bicyclic) bond motifs is 1. The van der Waals surface area contributed by atoms with E-state index in [0.29, 0.717) is 5.56 Å². The minimum atomic E-state index is -3.61. The maximum Gasteiger partial charge on any atom is 0.277 e. The van der Waals surface area contributed by atoms with Gasteiger partial charge in [0.05, 0.1) is 0 Å². The molecular weight excluding hydrogens is 290 g/mol. The van der Waals surface area contributed by atoms with Crippen LogP contribution in [0.1, 0.15) is 25.0 Å². The molecule has 0 bridgehead atoms. The molecule has 0 saturated carbocycles. The normalized spacial score (nSPS) is 12.2. The van der Waals surface area contributed by atoms with E-state index in [1.807, 2.05) is 25.1 Å². The molecule has 21 heavy (non-hydrogen) atoms. The Morgan fingerprint density at radius 3 is 2.62 bits per heavy atom. The zero-order valence-electron chi connectivity index (χ0n) is 12.2. The second-order valence-corrected chi connectivity index (χ2v) is 6.84. The fourth-order valence-electron chi connectivity index (χ4n) is 2.03. The highest BCUT2D eigenvalue weighted by Gasteiger charge is 2.12. The smallest absolute Gasteiger partial charge is 0.277 e. The monoisotopic (exact) mass is 309 g/mol. The third kappa shape index (κ3) is 4.13. The van der Waals surface area contributed by atoms with E-state index in [2.05, 4.69) is 14.4 Å². The third-order valence-electron chi connectivity index (χ3n) is 2.92. The molecule has 2 rings (SSSR count). The van der Waals surface area contributed by atoms with Crippen LogP contribution < -0.4 is 15.0 Å². The van der Waals surface area contributed by atoms with Crippen LogP contribution in [-0.2, 0) is 16.8 Å². The van der Waals surface area contributed by atoms with Crippen molar-refractivity contribution in [3.63, 3.8) is 0 Å². The summed E-state index contributed by atoms with van der Waals surface area (Å²) in [4.78, 5) is 14.7. The summed E-state index contributed by atoms with van der Waals surface area (Å²) in [6.45, 7) is 5.36. The zero-order chi connectivity index (χ0) is 15.6. The van der Waals surface area contributed by atoms with Gasteiger partial charge in [-0.25, -0.2) is 0 Å². The van der Waals surface area contributed by atoms with Crippen LogP contribution in [0.15, 0.2) is 29.1 Å². The highest BCUT2D eigenvalue weighted by molar-refractivity contribution is 7.87. The SMILES string of the molecule is Cc1ccc2[nH]c(=O)c(CNS(=O)(=O)NC(C)C)cc2c1. The van der Waals surface area contributed by atoms with Gasteiger partial charge in [0.2, 0.25) is 0 Å². The van der Waals surface area contributed by atoms with Crippen LogP contribution in [0.3, 0.4) is 0 Å². The average molecular weight is 309 g/mol. The van der Waals surface area contributed by atoms with E-state index in [0.717, 1.165) is 16.5 Å². The van der Waals surface area contributed by atoms with Crippen LogP contribution in [0.25, 0.3) is 10.9 Å². The Kier molecular flexibility index (Phi) is 4.46. The van der Waals surface area contributed by atoms with E-state index in [9.17, 15) is 13.2 Å². The van der Waals surface area contributed by atoms with Gasteiger partial charge in [0.1, 0.15) is 0 Å². The molecule has 2 aromatic rings. The van der Waals surface area contributed by atoms with E-state index in [1.165, 1.54) is 0 Å². The molecule has 0 aliphatic rings. The third-order valence-corrected chi connectivity index (χ3v) is 4.23. The van der Waals surface area contributed by atoms with Crippen LogP contribution in [0.2, 0.25) is 0 Å². The molecule has 1 aromatic carbocycles. The predicted octanol–water partition coefficient (Wildman–Crippen LogP) is 1.17. The summed E-state index contributed by atoms with van der Waals surface area (Å²) in [6, 6.07) is 7.18. The lowest BCUT2D eigenvalue weighted by atomic mass is 10.1. The van der Waals surface area contributed by atoms with Gasteiger partial charge in [-0.05, 0) is 44.4 Å². The molecular formula is C14H19N3O3S. The summed E-state index contributed by atoms with van der Waals surface area (Å²) < 4.78 is 28.2. The maximum absolute atomic E-state index is 11.9. The van der Waals surface area contributed by atoms with Crippen LogP contribution >= 0.6 is 0 Å². The number of hydrogen-bond acceptors (Lipinski definition) is 3. The lowest BCUT2D eigenvalue weighted by Crippen LogP contribution is -2.40. The number of H-pyrrole nitrogens is 1. The molecule has 3 N–H and O–H groups in total. The van der Waals surface area contributed by atoms with Crippen molar-refractivity contribution in [2.45, 2.75) is 33.4 Å². The van der Waals surface area contributed by atoms with E-state index in [-0.39, 0.29) is 18.1 Å². The van der Waals surface area contributed by atoms with E-state index < -0.39 is 10.2 Å². The number of rotatable bonds is 5. The molecule has 6 nitrogen and oxygen atoms in total. The standard InChI is InChI=1S/C14H19N3O3S/c1-9(2)17-21(19,20)15-8-12-7-11-6-10(3)4-5-13(11)16-14(12)18/h4-7,9,15,17H,8H2,1-3H3,(H,16,18). The van der Waals surface area contributed by atoms with Crippen molar-refractivity contribution in [1.29, 1.82) is 0 Å². The fourth-order valence-corrected chi connectivity index (χ4v) is 3.08. The van der Waals surface area contributed by atoms with Gasteiger partial charge in [-0.1, -0.05) is 11.6 Å². The van der Waals surface area contributed by atoms with Crippen molar-refractivity contribution >= 4 is 21.1 Å². The first kappa shape index (κ1) is 15.7. The number of aromatic amines is 1. The molecule has 1 heterocycles. The van der Waals surface area contributed by atoms with Gasteiger partial charge in [0.15, 0.2) is 0 Å². The molecule has 0 fully saturated rings. The minimum absolute atomic E-state index is 0.0543. The number of pyridine rings is 1. The van der Waals surface area contributed by atoms with Gasteiger partial charge in [-0.3, -0.25) is 4.79 Å². The summed E-state index contributed by atoms with van der Waals surface area (Å²) in [5.74, 6) is 0. The second-order valence-electron chi connectivity index (χ2n) is 5.31. The predicted molar refractivity (Wildman–Crippen MR) is 83.3 cm³/mol. The molecule has 114 valence electrons. The van der Waals surface area contributed by atoms with E-state index in [4.69, 9.17) is 0 Å². The Hall–Kier alpha value is -1.70. The van der Waals surface area contributed by atoms with Crippen LogP contribution in [-0.4, -0.2) is 19.4 Å². The van der Waals surface area contributed by atoms with Crippen molar-refractivity contribution in [2.24, 2.45) is 0 Å². The van der Waals surface area contributed by atoms with Crippen molar-refractivity contribution in [2.75, 3.05) is 0 Å². The summed E-state index contributed by atoms with van der Waals surface area (Å²) >= 11 is 0. The van der Waals surface area contributed by atoms with E-state index in [1.54, 1.807) is 19.9 Å². The Morgan fingerprint density at radius 1 is 1.24 bits per heavy atom. The number of hydrogen-bond donors (Lipinski definition) is 3. The number of aromatic nitrogens is 1. The molecule has 0 aliphatic carbocycles. The number of aryl methyl sites for hydroxylation is 1. The van der Waals surface area contributed by atoms with Gasteiger partial charge >= 0.3 is 0 Å². The molecule has 7 heteroatoms. The summed E-state index contributed by atoms with van der Waals surface area (Å²) in [7, 11) is -3.61. The summed E-state index contributed by atoms with van der Waals surface area (Å²) in [6.07, 6.45) is 0. The highest BCUT2D eigenvalue weighted by Crippen LogP contribution is 2.13. The van der Waals surface area contributed by atoms with Crippen molar-refractivity contribution < 1.29 is 8.42 Å². The quantitative estimate of drug-likeness (QED) is 0.774. The zero-order valence-corrected chi connectivity index (χ0v) is 13.0. The van der Waals surface area contributed by atoms with Gasteiger partial charge in [-0.2, -0.15) is 17.9 Å². The molecule has 0 unspecified atom stereocenters. The number of benzene rings is 1. The van der Waals surface area contributed by atoms with Gasteiger partial charge in [-0.15, -0.1) is 0 Å². The average Bonchev–Trinajstić information content (AvgIpc) is 2.35. The Bertz CT molecular complexity index is 810. The summed E-state index contributed by atoms with van der Waals surface area (Å²) in [5.41, 5.74) is 1.89. The molecule has 0 spiro atoms. The van der Waals surface area contributed by atoms with Crippen LogP contribution in [0.4, 0.5) is 0 Å². The first-order valence-electron chi connectivity index (χ1n) is 6.66. The number of nitrogens with one attached hydrogen (secondary N) is 3. The maximum atomic E-state index is 11.9. The van der Waals surface area contributed by atoms with Crippen LogP contribution in [0.5, 0.6) is 0 Å². The van der Waals surface area contributed by atoms with E-state index >= 15 is 0 Å². The van der Waals surface area contributed by atoms with Crippen molar-refractivity contribution in [3.8, 4) is 0 Å². The van der Waals surface area contributed by atoms with Gasteiger partial charge < -0.3 is 4.98 Å². The Labute approximate surface area is 123 Å². The molecule has 0 aliphatic heterocycles. The lowest BCUT2D eigenvalue weighted by molar-refractivity contribution is 0.554. The molecule has 0 atom stereocenters. The minimum Gasteiger partial charge on any atom is -0.322 e. The van der Waals surface area contributed by atoms with Gasteiger partial charge in [0, 0.05) is 23.7 Å². The lowest BCUT2D eigenvalue weighted by Gasteiger charge is -2.10. The van der Waals surface area contributed by atoms with Crippen molar-refractivity contribution in [1.82, 2.24) is 14.4 Å². The first-order valence-corrected chi connectivity index (χ1v) is 8.14. The topological polar surface area (TPSA) is 91.1 Å². The van der Waals surface area contributed by atoms with Gasteiger partial charge in [0.25, 0.3) is 15.8 Å². The molecule has 0 amide bonds. The molecule has 1 aromatic heterocycles. The summed E-state index contributed by atoms with van der Waals surface area (Å²) in [5, 5.41) is 0.876. The Balaban J connectivity index is 2.26. The van der Waals surface area contributed by atoms with Crippen LogP contribution in [0, 0.1) is 6.92 Å². The largest absolute Gasteiger partial charge is 0.322 e. The Morgan fingerprint density at radius 2 is 1.95 bits per heavy atom. The molecule has 0 saturated heterocycles. The fraction of sp³-hybridized carbons (Fsp3) is 0.357. The highest BCUT2D eigenvalue weighted by atomic mass is 32.2.